The summed E-state index contributed by atoms with van der Waals surface area (Å²) >= 11 is 0. The Bertz CT molecular complexity index is 419. The van der Waals surface area contributed by atoms with Crippen LogP contribution in [0.25, 0.3) is 0 Å². The normalized spacial score (nSPS) is 11.3. The number of benzene rings is 1. The van der Waals surface area contributed by atoms with Crippen molar-refractivity contribution < 1.29 is 4.79 Å². The predicted molar refractivity (Wildman–Crippen MR) is 65.5 cm³/mol. The molecule has 0 bridgehead atoms. The van der Waals surface area contributed by atoms with E-state index in [2.05, 4.69) is 4.99 Å². The first-order valence-electron chi connectivity index (χ1n) is 4.87. The van der Waals surface area contributed by atoms with Gasteiger partial charge in [0.15, 0.2) is 0 Å². The van der Waals surface area contributed by atoms with Crippen LogP contribution in [0.15, 0.2) is 23.2 Å². The number of carbonyl (C=O) groups excluding carboxylic acids is 1. The Balaban J connectivity index is 3.38. The number of carbonyl (C=O) groups is 1. The van der Waals surface area contributed by atoms with Gasteiger partial charge in [-0.15, -0.1) is 0 Å². The van der Waals surface area contributed by atoms with Gasteiger partial charge in [0, 0.05) is 7.05 Å². The molecule has 0 radical (unpaired) electrons. The Kier molecular flexibility index (Phi) is 3.50. The maximum Gasteiger partial charge on any atom is 0.326 e. The first-order chi connectivity index (χ1) is 7.49. The molecule has 0 atom stereocenters. The van der Waals surface area contributed by atoms with Gasteiger partial charge in [0.25, 0.3) is 0 Å². The zero-order valence-corrected chi connectivity index (χ0v) is 9.69. The number of urea groups is 1. The molecule has 5 heteroatoms. The minimum atomic E-state index is -0.638. The molecule has 16 heavy (non-hydrogen) atoms. The molecule has 4 N–H and O–H groups in total. The summed E-state index contributed by atoms with van der Waals surface area (Å²) in [6.45, 7) is 3.78. The van der Waals surface area contributed by atoms with Crippen molar-refractivity contribution in [3.63, 3.8) is 0 Å². The van der Waals surface area contributed by atoms with Gasteiger partial charge in [0.05, 0.1) is 5.69 Å². The topological polar surface area (TPSA) is 84.7 Å². The number of anilines is 1. The molecular formula is C11H16N4O. The minimum absolute atomic E-state index is 0.0879. The molecule has 0 aliphatic heterocycles. The first kappa shape index (κ1) is 12.0. The summed E-state index contributed by atoms with van der Waals surface area (Å²) in [5, 5.41) is 0. The Morgan fingerprint density at radius 1 is 1.25 bits per heavy atom. The van der Waals surface area contributed by atoms with Gasteiger partial charge in [-0.05, 0) is 25.0 Å². The van der Waals surface area contributed by atoms with Crippen molar-refractivity contribution in [2.45, 2.75) is 13.8 Å². The highest BCUT2D eigenvalue weighted by atomic mass is 16.2. The van der Waals surface area contributed by atoms with Crippen LogP contribution in [0.4, 0.5) is 10.5 Å². The van der Waals surface area contributed by atoms with Crippen LogP contribution >= 0.6 is 0 Å². The molecule has 1 aromatic rings. The summed E-state index contributed by atoms with van der Waals surface area (Å²) in [6, 6.07) is 5.05. The second-order valence-corrected chi connectivity index (χ2v) is 3.50. The maximum absolute atomic E-state index is 11.4. The molecule has 86 valence electrons. The van der Waals surface area contributed by atoms with Crippen molar-refractivity contribution in [3.05, 3.63) is 29.3 Å². The number of nitrogens with zero attached hydrogens (tertiary/aromatic N) is 2. The average molecular weight is 220 g/mol. The van der Waals surface area contributed by atoms with Gasteiger partial charge in [-0.2, -0.15) is 0 Å². The zero-order chi connectivity index (χ0) is 12.3. The van der Waals surface area contributed by atoms with Crippen molar-refractivity contribution in [2.24, 2.45) is 16.5 Å². The van der Waals surface area contributed by atoms with Crippen molar-refractivity contribution >= 4 is 17.7 Å². The fourth-order valence-electron chi connectivity index (χ4n) is 1.60. The monoisotopic (exact) mass is 220 g/mol. The Labute approximate surface area is 94.8 Å². The lowest BCUT2D eigenvalue weighted by molar-refractivity contribution is 0.256. The predicted octanol–water partition coefficient (Wildman–Crippen LogP) is 1.13. The lowest BCUT2D eigenvalue weighted by Gasteiger charge is -2.22. The third-order valence-corrected chi connectivity index (χ3v) is 2.34. The number of aliphatic imine (C=N–C) groups is 1. The van der Waals surface area contributed by atoms with Gasteiger partial charge in [-0.3, -0.25) is 4.99 Å². The molecule has 0 spiro atoms. The Morgan fingerprint density at radius 3 is 2.12 bits per heavy atom. The Morgan fingerprint density at radius 2 is 1.75 bits per heavy atom. The summed E-state index contributed by atoms with van der Waals surface area (Å²) in [5.41, 5.74) is 13.5. The molecule has 0 unspecified atom stereocenters. The third-order valence-electron chi connectivity index (χ3n) is 2.34. The second-order valence-electron chi connectivity index (χ2n) is 3.50. The van der Waals surface area contributed by atoms with E-state index in [0.29, 0.717) is 5.69 Å². The SMILES string of the molecule is CN=C(N)N(C(N)=O)c1c(C)cccc1C. The number of hydrogen-bond donors (Lipinski definition) is 2. The lowest BCUT2D eigenvalue weighted by atomic mass is 10.1. The molecule has 0 aliphatic carbocycles. The molecule has 0 fully saturated rings. The number of amides is 2. The fraction of sp³-hybridized carbons (Fsp3) is 0.273. The van der Waals surface area contributed by atoms with Gasteiger partial charge in [0.2, 0.25) is 5.96 Å². The standard InChI is InChI=1S/C11H16N4O/c1-7-5-4-6-8(2)9(7)15(11(13)16)10(12)14-3/h4-6H,1-3H3,(H2,12,14)(H2,13,16). The molecule has 1 aromatic carbocycles. The number of rotatable bonds is 1. The van der Waals surface area contributed by atoms with Gasteiger partial charge in [0.1, 0.15) is 0 Å². The van der Waals surface area contributed by atoms with E-state index < -0.39 is 6.03 Å². The number of para-hydroxylation sites is 1. The van der Waals surface area contributed by atoms with Crippen LogP contribution in [0.1, 0.15) is 11.1 Å². The van der Waals surface area contributed by atoms with Crippen molar-refractivity contribution in [1.29, 1.82) is 0 Å². The van der Waals surface area contributed by atoms with Gasteiger partial charge >= 0.3 is 6.03 Å². The summed E-state index contributed by atoms with van der Waals surface area (Å²) < 4.78 is 0. The maximum atomic E-state index is 11.4. The Hall–Kier alpha value is -2.04. The molecule has 0 aliphatic rings. The van der Waals surface area contributed by atoms with Crippen LogP contribution in [0, 0.1) is 13.8 Å². The lowest BCUT2D eigenvalue weighted by Crippen LogP contribution is -2.46. The summed E-state index contributed by atoms with van der Waals surface area (Å²) in [6.07, 6.45) is 0. The smallest absolute Gasteiger partial charge is 0.326 e. The van der Waals surface area contributed by atoms with Crippen molar-refractivity contribution in [3.8, 4) is 0 Å². The van der Waals surface area contributed by atoms with E-state index in [1.807, 2.05) is 32.0 Å². The van der Waals surface area contributed by atoms with Crippen LogP contribution in [0.3, 0.4) is 0 Å². The molecule has 0 saturated heterocycles. The van der Waals surface area contributed by atoms with E-state index in [0.717, 1.165) is 11.1 Å². The number of nitrogens with two attached hydrogens (primary N) is 2. The molecular weight excluding hydrogens is 204 g/mol. The molecule has 0 heterocycles. The molecule has 5 nitrogen and oxygen atoms in total. The van der Waals surface area contributed by atoms with E-state index in [1.165, 1.54) is 11.9 Å². The van der Waals surface area contributed by atoms with E-state index in [1.54, 1.807) is 0 Å². The molecule has 1 rings (SSSR count). The van der Waals surface area contributed by atoms with Crippen molar-refractivity contribution in [2.75, 3.05) is 11.9 Å². The minimum Gasteiger partial charge on any atom is -0.369 e. The molecule has 2 amide bonds. The summed E-state index contributed by atoms with van der Waals surface area (Å²) in [5.74, 6) is 0.0879. The number of aryl methyl sites for hydroxylation is 2. The summed E-state index contributed by atoms with van der Waals surface area (Å²) in [7, 11) is 1.51. The van der Waals surface area contributed by atoms with Crippen LogP contribution in [0.5, 0.6) is 0 Å². The quantitative estimate of drug-likeness (QED) is 0.549. The number of hydrogen-bond acceptors (Lipinski definition) is 2. The highest BCUT2D eigenvalue weighted by Gasteiger charge is 2.19. The van der Waals surface area contributed by atoms with E-state index in [9.17, 15) is 4.79 Å². The van der Waals surface area contributed by atoms with E-state index in [4.69, 9.17) is 11.5 Å². The third kappa shape index (κ3) is 2.13. The fourth-order valence-corrected chi connectivity index (χ4v) is 1.60. The van der Waals surface area contributed by atoms with Crippen LogP contribution in [0.2, 0.25) is 0 Å². The van der Waals surface area contributed by atoms with Crippen LogP contribution in [-0.4, -0.2) is 19.0 Å². The zero-order valence-electron chi connectivity index (χ0n) is 9.69. The highest BCUT2D eigenvalue weighted by molar-refractivity contribution is 6.15. The van der Waals surface area contributed by atoms with Crippen LogP contribution < -0.4 is 16.4 Å². The van der Waals surface area contributed by atoms with Gasteiger partial charge < -0.3 is 11.5 Å². The van der Waals surface area contributed by atoms with Gasteiger partial charge in [-0.1, -0.05) is 18.2 Å². The van der Waals surface area contributed by atoms with Crippen molar-refractivity contribution in [1.82, 2.24) is 0 Å². The average Bonchev–Trinajstić information content (AvgIpc) is 2.22. The van der Waals surface area contributed by atoms with Gasteiger partial charge in [-0.25, -0.2) is 9.69 Å². The second kappa shape index (κ2) is 4.65. The molecule has 0 saturated carbocycles. The van der Waals surface area contributed by atoms with E-state index in [-0.39, 0.29) is 5.96 Å². The summed E-state index contributed by atoms with van der Waals surface area (Å²) in [4.78, 5) is 16.4. The molecule has 0 aromatic heterocycles. The first-order valence-corrected chi connectivity index (χ1v) is 4.87. The number of guanidine groups is 1. The highest BCUT2D eigenvalue weighted by Crippen LogP contribution is 2.24. The van der Waals surface area contributed by atoms with E-state index >= 15 is 0 Å². The number of primary amides is 1. The largest absolute Gasteiger partial charge is 0.369 e. The van der Waals surface area contributed by atoms with Crippen LogP contribution in [-0.2, 0) is 0 Å².